The summed E-state index contributed by atoms with van der Waals surface area (Å²) in [6, 6.07) is 12.8. The van der Waals surface area contributed by atoms with Crippen molar-refractivity contribution in [3.05, 3.63) is 59.7 Å². The average Bonchev–Trinajstić information content (AvgIpc) is 2.64. The predicted octanol–water partition coefficient (Wildman–Crippen LogP) is 1.52. The van der Waals surface area contributed by atoms with Crippen molar-refractivity contribution in [2.24, 2.45) is 0 Å². The number of hydrogen-bond acceptors (Lipinski definition) is 5. The number of benzene rings is 2. The molecular formula is C21H26N2O5. The first-order valence-electron chi connectivity index (χ1n) is 8.92. The number of phenols is 2. The first kappa shape index (κ1) is 21.2. The molecule has 2 aromatic carbocycles. The average molecular weight is 386 g/mol. The van der Waals surface area contributed by atoms with Gasteiger partial charge in [0.1, 0.15) is 11.5 Å². The van der Waals surface area contributed by atoms with Gasteiger partial charge in [-0.15, -0.1) is 0 Å². The van der Waals surface area contributed by atoms with Crippen LogP contribution in [0.4, 0.5) is 0 Å². The van der Waals surface area contributed by atoms with Gasteiger partial charge in [0.05, 0.1) is 25.0 Å². The maximum atomic E-state index is 12.4. The molecule has 1 unspecified atom stereocenters. The predicted molar refractivity (Wildman–Crippen MR) is 105 cm³/mol. The third kappa shape index (κ3) is 6.92. The fourth-order valence-electron chi connectivity index (χ4n) is 2.79. The van der Waals surface area contributed by atoms with Crippen LogP contribution in [-0.2, 0) is 27.2 Å². The number of ether oxygens (including phenoxy) is 1. The lowest BCUT2D eigenvalue weighted by Gasteiger charge is -2.30. The van der Waals surface area contributed by atoms with Crippen LogP contribution in [0.3, 0.4) is 0 Å². The molecule has 28 heavy (non-hydrogen) atoms. The molecule has 7 nitrogen and oxygen atoms in total. The van der Waals surface area contributed by atoms with Gasteiger partial charge in [-0.2, -0.15) is 0 Å². The minimum absolute atomic E-state index is 0.143. The van der Waals surface area contributed by atoms with Crippen molar-refractivity contribution in [1.82, 2.24) is 10.6 Å². The van der Waals surface area contributed by atoms with Crippen molar-refractivity contribution in [3.8, 4) is 11.5 Å². The number of methoxy groups -OCH3 is 1. The zero-order valence-electron chi connectivity index (χ0n) is 16.1. The molecule has 2 amide bonds. The molecule has 0 spiro atoms. The highest BCUT2D eigenvalue weighted by molar-refractivity contribution is 5.80. The topological polar surface area (TPSA) is 108 Å². The van der Waals surface area contributed by atoms with Gasteiger partial charge >= 0.3 is 0 Å². The minimum Gasteiger partial charge on any atom is -0.508 e. The maximum Gasteiger partial charge on any atom is 0.224 e. The molecule has 150 valence electrons. The van der Waals surface area contributed by atoms with Crippen LogP contribution in [0.15, 0.2) is 48.5 Å². The van der Waals surface area contributed by atoms with Crippen LogP contribution in [0.2, 0.25) is 0 Å². The van der Waals surface area contributed by atoms with Gasteiger partial charge in [-0.1, -0.05) is 24.3 Å². The van der Waals surface area contributed by atoms with E-state index >= 15 is 0 Å². The minimum atomic E-state index is -0.770. The van der Waals surface area contributed by atoms with Gasteiger partial charge in [0.2, 0.25) is 11.8 Å². The fourth-order valence-corrected chi connectivity index (χ4v) is 2.79. The smallest absolute Gasteiger partial charge is 0.224 e. The van der Waals surface area contributed by atoms with Crippen LogP contribution in [-0.4, -0.2) is 47.8 Å². The van der Waals surface area contributed by atoms with Crippen molar-refractivity contribution in [3.63, 3.8) is 0 Å². The first-order valence-corrected chi connectivity index (χ1v) is 8.92. The van der Waals surface area contributed by atoms with Crippen molar-refractivity contribution < 1.29 is 24.5 Å². The summed E-state index contributed by atoms with van der Waals surface area (Å²) in [5.74, 6) is -0.114. The van der Waals surface area contributed by atoms with E-state index < -0.39 is 5.54 Å². The molecule has 1 atom stereocenters. The number of amides is 2. The fraction of sp³-hybridized carbons (Fsp3) is 0.333. The Morgan fingerprint density at radius 3 is 1.82 bits per heavy atom. The van der Waals surface area contributed by atoms with Gasteiger partial charge in [0, 0.05) is 13.7 Å². The van der Waals surface area contributed by atoms with Crippen LogP contribution in [0.1, 0.15) is 18.1 Å². The van der Waals surface area contributed by atoms with Crippen molar-refractivity contribution in [2.75, 3.05) is 20.3 Å². The molecule has 4 N–H and O–H groups in total. The Hall–Kier alpha value is -3.06. The van der Waals surface area contributed by atoms with Gasteiger partial charge in [-0.3, -0.25) is 9.59 Å². The highest BCUT2D eigenvalue weighted by Crippen LogP contribution is 2.12. The van der Waals surface area contributed by atoms with Gasteiger partial charge < -0.3 is 25.6 Å². The summed E-state index contributed by atoms with van der Waals surface area (Å²) in [6.07, 6.45) is 0.325. The summed E-state index contributed by atoms with van der Waals surface area (Å²) in [6.45, 7) is 2.24. The van der Waals surface area contributed by atoms with E-state index in [1.807, 2.05) is 0 Å². The quantitative estimate of drug-likeness (QED) is 0.523. The SMILES string of the molecule is COCC(C)(CNC(=O)Cc1ccc(O)cc1)NC(=O)Cc1ccc(O)cc1. The molecule has 0 aliphatic carbocycles. The second-order valence-electron chi connectivity index (χ2n) is 7.01. The molecule has 2 aromatic rings. The summed E-state index contributed by atoms with van der Waals surface area (Å²) in [5, 5.41) is 24.3. The van der Waals surface area contributed by atoms with Gasteiger partial charge in [0.25, 0.3) is 0 Å². The number of aromatic hydroxyl groups is 2. The molecule has 0 aliphatic rings. The normalized spacial score (nSPS) is 12.8. The number of rotatable bonds is 9. The number of hydrogen-bond donors (Lipinski definition) is 4. The van der Waals surface area contributed by atoms with E-state index in [1.165, 1.54) is 31.4 Å². The summed E-state index contributed by atoms with van der Waals surface area (Å²) in [4.78, 5) is 24.6. The maximum absolute atomic E-state index is 12.4. The summed E-state index contributed by atoms with van der Waals surface area (Å²) in [7, 11) is 1.53. The number of phenolic OH excluding ortho intramolecular Hbond substituents is 2. The molecule has 0 fully saturated rings. The summed E-state index contributed by atoms with van der Waals surface area (Å²) >= 11 is 0. The molecule has 7 heteroatoms. The summed E-state index contributed by atoms with van der Waals surface area (Å²) < 4.78 is 5.21. The lowest BCUT2D eigenvalue weighted by atomic mass is 10.0. The van der Waals surface area contributed by atoms with Crippen molar-refractivity contribution in [1.29, 1.82) is 0 Å². The van der Waals surface area contributed by atoms with Crippen LogP contribution < -0.4 is 10.6 Å². The van der Waals surface area contributed by atoms with Crippen LogP contribution in [0.5, 0.6) is 11.5 Å². The molecule has 0 aromatic heterocycles. The molecule has 2 rings (SSSR count). The second-order valence-corrected chi connectivity index (χ2v) is 7.01. The molecule has 0 saturated heterocycles. The van der Waals surface area contributed by atoms with Crippen LogP contribution in [0.25, 0.3) is 0 Å². The van der Waals surface area contributed by atoms with E-state index in [0.29, 0.717) is 0 Å². The Balaban J connectivity index is 1.90. The van der Waals surface area contributed by atoms with Crippen LogP contribution in [0, 0.1) is 0 Å². The Labute approximate surface area is 164 Å². The van der Waals surface area contributed by atoms with E-state index in [4.69, 9.17) is 4.74 Å². The van der Waals surface area contributed by atoms with E-state index in [1.54, 1.807) is 31.2 Å². The zero-order valence-corrected chi connectivity index (χ0v) is 16.1. The Bertz CT molecular complexity index is 789. The Morgan fingerprint density at radius 2 is 1.36 bits per heavy atom. The van der Waals surface area contributed by atoms with E-state index in [-0.39, 0.29) is 49.3 Å². The number of nitrogens with one attached hydrogen (secondary N) is 2. The molecule has 0 heterocycles. The Morgan fingerprint density at radius 1 is 0.893 bits per heavy atom. The molecule has 0 radical (unpaired) electrons. The van der Waals surface area contributed by atoms with Crippen molar-refractivity contribution in [2.45, 2.75) is 25.3 Å². The lowest BCUT2D eigenvalue weighted by molar-refractivity contribution is -0.124. The third-order valence-electron chi connectivity index (χ3n) is 4.18. The van der Waals surface area contributed by atoms with E-state index in [2.05, 4.69) is 10.6 Å². The van der Waals surface area contributed by atoms with E-state index in [9.17, 15) is 19.8 Å². The standard InChI is InChI=1S/C21H26N2O5/c1-21(14-28-2,23-20(27)12-16-5-9-18(25)10-6-16)13-22-19(26)11-15-3-7-17(24)8-4-15/h3-10,24-25H,11-14H2,1-2H3,(H,22,26)(H,23,27). The summed E-state index contributed by atoms with van der Waals surface area (Å²) in [5.41, 5.74) is 0.777. The second kappa shape index (κ2) is 9.75. The lowest BCUT2D eigenvalue weighted by Crippen LogP contribution is -2.56. The van der Waals surface area contributed by atoms with E-state index in [0.717, 1.165) is 11.1 Å². The highest BCUT2D eigenvalue weighted by Gasteiger charge is 2.27. The highest BCUT2D eigenvalue weighted by atomic mass is 16.5. The van der Waals surface area contributed by atoms with Crippen LogP contribution >= 0.6 is 0 Å². The Kier molecular flexibility index (Phi) is 7.40. The third-order valence-corrected chi connectivity index (χ3v) is 4.18. The molecule has 0 saturated carbocycles. The monoisotopic (exact) mass is 386 g/mol. The zero-order chi connectivity index (χ0) is 20.6. The van der Waals surface area contributed by atoms with Gasteiger partial charge in [0.15, 0.2) is 0 Å². The number of carbonyl (C=O) groups is 2. The molecular weight excluding hydrogens is 360 g/mol. The van der Waals surface area contributed by atoms with Crippen molar-refractivity contribution >= 4 is 11.8 Å². The molecule has 0 aliphatic heterocycles. The first-order chi connectivity index (χ1) is 13.3. The van der Waals surface area contributed by atoms with Gasteiger partial charge in [-0.05, 0) is 42.3 Å². The molecule has 0 bridgehead atoms. The largest absolute Gasteiger partial charge is 0.508 e. The number of carbonyl (C=O) groups excluding carboxylic acids is 2. The van der Waals surface area contributed by atoms with Gasteiger partial charge in [-0.25, -0.2) is 0 Å².